The number of rotatable bonds is 13. The number of sulfonamides is 1. The van der Waals surface area contributed by atoms with Gasteiger partial charge in [0.2, 0.25) is 21.8 Å². The van der Waals surface area contributed by atoms with Gasteiger partial charge < -0.3 is 10.2 Å². The number of nitrogens with one attached hydrogen (secondary N) is 1. The average molecular weight is 543 g/mol. The van der Waals surface area contributed by atoms with Gasteiger partial charge in [-0.25, -0.2) is 8.42 Å². The van der Waals surface area contributed by atoms with Crippen molar-refractivity contribution in [2.75, 3.05) is 23.7 Å². The number of para-hydroxylation sites is 1. The molecule has 0 radical (unpaired) electrons. The number of anilines is 1. The highest BCUT2D eigenvalue weighted by molar-refractivity contribution is 7.92. The summed E-state index contributed by atoms with van der Waals surface area (Å²) in [6.07, 6.45) is 2.73. The van der Waals surface area contributed by atoms with Gasteiger partial charge in [0.15, 0.2) is 0 Å². The molecule has 1 atom stereocenters. The molecule has 2 rings (SSSR count). The standard InChI is InChI=1S/C25H33Cl2N3O4S/c1-4-15-28-25(32)23(5-2)29(18-19-13-14-21(26)22(27)17-19)24(31)12-9-16-30(35(3,33)34)20-10-7-6-8-11-20/h6-8,10-11,13-14,17,23H,4-5,9,12,15-16,18H2,1-3H3,(H,28,32)/t23-/m1/s1. The molecular formula is C25H33Cl2N3O4S. The second kappa shape index (κ2) is 13.7. The third-order valence-corrected chi connectivity index (χ3v) is 7.40. The maximum absolute atomic E-state index is 13.4. The highest BCUT2D eigenvalue weighted by atomic mass is 35.5. The van der Waals surface area contributed by atoms with Crippen LogP contribution in [0.15, 0.2) is 48.5 Å². The van der Waals surface area contributed by atoms with E-state index in [2.05, 4.69) is 5.32 Å². The zero-order valence-corrected chi connectivity index (χ0v) is 22.7. The molecule has 0 aliphatic rings. The van der Waals surface area contributed by atoms with Gasteiger partial charge >= 0.3 is 0 Å². The van der Waals surface area contributed by atoms with Gasteiger partial charge in [-0.15, -0.1) is 0 Å². The van der Waals surface area contributed by atoms with Gasteiger partial charge in [-0.2, -0.15) is 0 Å². The summed E-state index contributed by atoms with van der Waals surface area (Å²) < 4.78 is 26.0. The van der Waals surface area contributed by atoms with E-state index in [1.165, 1.54) is 9.21 Å². The summed E-state index contributed by atoms with van der Waals surface area (Å²) in [5, 5.41) is 3.65. The Bertz CT molecular complexity index is 1100. The van der Waals surface area contributed by atoms with Crippen LogP contribution in [-0.4, -0.2) is 50.5 Å². The average Bonchev–Trinajstić information content (AvgIpc) is 2.82. The smallest absolute Gasteiger partial charge is 0.242 e. The van der Waals surface area contributed by atoms with Crippen LogP contribution in [0, 0.1) is 0 Å². The maximum atomic E-state index is 13.4. The highest BCUT2D eigenvalue weighted by Crippen LogP contribution is 2.25. The topological polar surface area (TPSA) is 86.8 Å². The minimum Gasteiger partial charge on any atom is -0.354 e. The Kier molecular flexibility index (Phi) is 11.3. The summed E-state index contributed by atoms with van der Waals surface area (Å²) in [6.45, 7) is 4.66. The molecule has 1 N–H and O–H groups in total. The van der Waals surface area contributed by atoms with E-state index in [9.17, 15) is 18.0 Å². The summed E-state index contributed by atoms with van der Waals surface area (Å²) in [6, 6.07) is 13.2. The van der Waals surface area contributed by atoms with E-state index in [4.69, 9.17) is 23.2 Å². The first kappa shape index (κ1) is 28.9. The van der Waals surface area contributed by atoms with Crippen LogP contribution in [0.3, 0.4) is 0 Å². The predicted molar refractivity (Wildman–Crippen MR) is 142 cm³/mol. The Morgan fingerprint density at radius 2 is 1.71 bits per heavy atom. The number of carbonyl (C=O) groups excluding carboxylic acids is 2. The van der Waals surface area contributed by atoms with E-state index >= 15 is 0 Å². The molecule has 0 aliphatic carbocycles. The minimum absolute atomic E-state index is 0.0811. The monoisotopic (exact) mass is 541 g/mol. The van der Waals surface area contributed by atoms with E-state index in [0.29, 0.717) is 35.1 Å². The number of halogens is 2. The molecule has 0 bridgehead atoms. The van der Waals surface area contributed by atoms with Crippen molar-refractivity contribution < 1.29 is 18.0 Å². The quantitative estimate of drug-likeness (QED) is 0.391. The second-order valence-electron chi connectivity index (χ2n) is 8.26. The van der Waals surface area contributed by atoms with Crippen molar-refractivity contribution in [2.45, 2.75) is 52.1 Å². The molecule has 0 aromatic heterocycles. The van der Waals surface area contributed by atoms with Crippen molar-refractivity contribution in [3.8, 4) is 0 Å². The number of hydrogen-bond donors (Lipinski definition) is 1. The van der Waals surface area contributed by atoms with Crippen LogP contribution in [0.5, 0.6) is 0 Å². The van der Waals surface area contributed by atoms with Crippen LogP contribution in [0.25, 0.3) is 0 Å². The van der Waals surface area contributed by atoms with Crippen molar-refractivity contribution in [2.24, 2.45) is 0 Å². The molecule has 0 unspecified atom stereocenters. The zero-order valence-electron chi connectivity index (χ0n) is 20.3. The SMILES string of the molecule is CCCNC(=O)[C@@H](CC)N(Cc1ccc(Cl)c(Cl)c1)C(=O)CCCN(c1ccccc1)S(C)(=O)=O. The molecule has 2 aromatic carbocycles. The molecule has 0 heterocycles. The van der Waals surface area contributed by atoms with Crippen LogP contribution < -0.4 is 9.62 Å². The lowest BCUT2D eigenvalue weighted by Crippen LogP contribution is -2.49. The fraction of sp³-hybridized carbons (Fsp3) is 0.440. The summed E-state index contributed by atoms with van der Waals surface area (Å²) in [7, 11) is -3.52. The van der Waals surface area contributed by atoms with Crippen molar-refractivity contribution in [3.05, 3.63) is 64.1 Å². The first-order valence-corrected chi connectivity index (χ1v) is 14.2. The molecule has 192 valence electrons. The summed E-state index contributed by atoms with van der Waals surface area (Å²) >= 11 is 12.2. The van der Waals surface area contributed by atoms with E-state index in [0.717, 1.165) is 18.2 Å². The number of nitrogens with zero attached hydrogens (tertiary/aromatic N) is 2. The largest absolute Gasteiger partial charge is 0.354 e. The first-order valence-electron chi connectivity index (χ1n) is 11.6. The molecule has 35 heavy (non-hydrogen) atoms. The maximum Gasteiger partial charge on any atom is 0.242 e. The molecule has 0 saturated heterocycles. The second-order valence-corrected chi connectivity index (χ2v) is 11.0. The normalized spacial score (nSPS) is 12.1. The highest BCUT2D eigenvalue weighted by Gasteiger charge is 2.28. The Balaban J connectivity index is 2.21. The lowest BCUT2D eigenvalue weighted by atomic mass is 10.1. The molecular weight excluding hydrogens is 509 g/mol. The van der Waals surface area contributed by atoms with Gasteiger partial charge in [-0.3, -0.25) is 13.9 Å². The Labute approximate surface area is 218 Å². The fourth-order valence-electron chi connectivity index (χ4n) is 3.72. The van der Waals surface area contributed by atoms with Crippen molar-refractivity contribution >= 4 is 50.7 Å². The lowest BCUT2D eigenvalue weighted by Gasteiger charge is -2.31. The van der Waals surface area contributed by atoms with Crippen LogP contribution >= 0.6 is 23.2 Å². The molecule has 0 saturated carbocycles. The summed E-state index contributed by atoms with van der Waals surface area (Å²) in [5.41, 5.74) is 1.29. The number of benzene rings is 2. The molecule has 2 aromatic rings. The number of carbonyl (C=O) groups is 2. The van der Waals surface area contributed by atoms with Crippen LogP contribution in [0.2, 0.25) is 10.0 Å². The molecule has 0 spiro atoms. The zero-order chi connectivity index (χ0) is 26.0. The molecule has 0 aliphatic heterocycles. The Morgan fingerprint density at radius 1 is 1.03 bits per heavy atom. The van der Waals surface area contributed by atoms with Gasteiger partial charge in [0, 0.05) is 26.1 Å². The fourth-order valence-corrected chi connectivity index (χ4v) is 5.00. The van der Waals surface area contributed by atoms with E-state index in [1.807, 2.05) is 19.9 Å². The molecule has 0 fully saturated rings. The molecule has 2 amide bonds. The molecule has 7 nitrogen and oxygen atoms in total. The predicted octanol–water partition coefficient (Wildman–Crippen LogP) is 4.87. The lowest BCUT2D eigenvalue weighted by molar-refractivity contribution is -0.141. The van der Waals surface area contributed by atoms with Gasteiger partial charge in [0.1, 0.15) is 6.04 Å². The Morgan fingerprint density at radius 3 is 2.29 bits per heavy atom. The van der Waals surface area contributed by atoms with E-state index in [-0.39, 0.29) is 31.3 Å². The third kappa shape index (κ3) is 8.70. The minimum atomic E-state index is -3.52. The van der Waals surface area contributed by atoms with Gasteiger partial charge in [-0.05, 0) is 49.1 Å². The van der Waals surface area contributed by atoms with Crippen molar-refractivity contribution in [1.82, 2.24) is 10.2 Å². The van der Waals surface area contributed by atoms with E-state index in [1.54, 1.807) is 42.5 Å². The summed E-state index contributed by atoms with van der Waals surface area (Å²) in [4.78, 5) is 27.8. The van der Waals surface area contributed by atoms with Gasteiger partial charge in [-0.1, -0.05) is 61.3 Å². The first-order chi connectivity index (χ1) is 16.6. The number of hydrogen-bond acceptors (Lipinski definition) is 4. The molecule has 10 heteroatoms. The van der Waals surface area contributed by atoms with Gasteiger partial charge in [0.25, 0.3) is 0 Å². The van der Waals surface area contributed by atoms with Crippen molar-refractivity contribution in [3.63, 3.8) is 0 Å². The van der Waals surface area contributed by atoms with Crippen LogP contribution in [0.1, 0.15) is 45.1 Å². The van der Waals surface area contributed by atoms with Gasteiger partial charge in [0.05, 0.1) is 22.0 Å². The number of amides is 2. The van der Waals surface area contributed by atoms with Crippen LogP contribution in [-0.2, 0) is 26.2 Å². The summed E-state index contributed by atoms with van der Waals surface area (Å²) in [5.74, 6) is -0.458. The van der Waals surface area contributed by atoms with E-state index < -0.39 is 16.1 Å². The van der Waals surface area contributed by atoms with Crippen LogP contribution in [0.4, 0.5) is 5.69 Å². The Hall–Kier alpha value is -2.29. The third-order valence-electron chi connectivity index (χ3n) is 5.47. The van der Waals surface area contributed by atoms with Crippen molar-refractivity contribution in [1.29, 1.82) is 0 Å².